The summed E-state index contributed by atoms with van der Waals surface area (Å²) in [4.78, 5) is 14.2. The molecule has 1 saturated heterocycles. The van der Waals surface area contributed by atoms with Crippen molar-refractivity contribution in [2.24, 2.45) is 11.7 Å². The third-order valence-corrected chi connectivity index (χ3v) is 4.36. The zero-order valence-electron chi connectivity index (χ0n) is 11.9. The monoisotopic (exact) mass is 260 g/mol. The fourth-order valence-corrected chi connectivity index (χ4v) is 2.74. The smallest absolute Gasteiger partial charge is 0.222 e. The highest BCUT2D eigenvalue weighted by atomic mass is 16.2. The SMILES string of the molecule is C[C@@H]1CCN(C(=O)CC[C@H](N)c2ccccc2)[C@@H]1C. The third-order valence-electron chi connectivity index (χ3n) is 4.36. The second-order valence-corrected chi connectivity index (χ2v) is 5.65. The van der Waals surface area contributed by atoms with Gasteiger partial charge in [-0.15, -0.1) is 0 Å². The van der Waals surface area contributed by atoms with E-state index < -0.39 is 0 Å². The Bertz CT molecular complexity index is 418. The fraction of sp³-hybridized carbons (Fsp3) is 0.562. The lowest BCUT2D eigenvalue weighted by Gasteiger charge is -2.24. The molecule has 1 aliphatic rings. The summed E-state index contributed by atoms with van der Waals surface area (Å²) in [6, 6.07) is 10.3. The van der Waals surface area contributed by atoms with Crippen molar-refractivity contribution >= 4 is 5.91 Å². The van der Waals surface area contributed by atoms with Crippen LogP contribution in [0, 0.1) is 5.92 Å². The highest BCUT2D eigenvalue weighted by molar-refractivity contribution is 5.76. The van der Waals surface area contributed by atoms with Crippen molar-refractivity contribution in [2.75, 3.05) is 6.54 Å². The van der Waals surface area contributed by atoms with Gasteiger partial charge in [0.1, 0.15) is 0 Å². The third kappa shape index (κ3) is 3.35. The quantitative estimate of drug-likeness (QED) is 0.904. The van der Waals surface area contributed by atoms with Crippen LogP contribution in [0.1, 0.15) is 44.7 Å². The lowest BCUT2D eigenvalue weighted by Crippen LogP contribution is -2.35. The minimum atomic E-state index is -0.0412. The largest absolute Gasteiger partial charge is 0.340 e. The summed E-state index contributed by atoms with van der Waals surface area (Å²) in [5.41, 5.74) is 7.24. The molecule has 1 fully saturated rings. The minimum Gasteiger partial charge on any atom is -0.340 e. The molecule has 19 heavy (non-hydrogen) atoms. The van der Waals surface area contributed by atoms with E-state index in [9.17, 15) is 4.79 Å². The number of rotatable bonds is 4. The molecule has 3 heteroatoms. The van der Waals surface area contributed by atoms with Crippen molar-refractivity contribution in [1.29, 1.82) is 0 Å². The van der Waals surface area contributed by atoms with Crippen LogP contribution in [0.15, 0.2) is 30.3 Å². The number of amides is 1. The summed E-state index contributed by atoms with van der Waals surface area (Å²) in [6.07, 6.45) is 2.39. The summed E-state index contributed by atoms with van der Waals surface area (Å²) >= 11 is 0. The van der Waals surface area contributed by atoms with Crippen molar-refractivity contribution < 1.29 is 4.79 Å². The van der Waals surface area contributed by atoms with Crippen molar-refractivity contribution in [3.63, 3.8) is 0 Å². The number of nitrogens with zero attached hydrogens (tertiary/aromatic N) is 1. The molecule has 1 aromatic rings. The Balaban J connectivity index is 1.84. The van der Waals surface area contributed by atoms with E-state index in [1.54, 1.807) is 0 Å². The summed E-state index contributed by atoms with van der Waals surface area (Å²) in [6.45, 7) is 5.27. The van der Waals surface area contributed by atoms with Crippen molar-refractivity contribution in [3.8, 4) is 0 Å². The highest BCUT2D eigenvalue weighted by Crippen LogP contribution is 2.25. The van der Waals surface area contributed by atoms with Crippen LogP contribution in [0.25, 0.3) is 0 Å². The molecule has 104 valence electrons. The average Bonchev–Trinajstić information content (AvgIpc) is 2.77. The van der Waals surface area contributed by atoms with E-state index in [0.717, 1.165) is 24.9 Å². The molecule has 1 amide bonds. The lowest BCUT2D eigenvalue weighted by molar-refractivity contribution is -0.132. The molecule has 2 rings (SSSR count). The van der Waals surface area contributed by atoms with Crippen LogP contribution in [0.5, 0.6) is 0 Å². The first-order valence-electron chi connectivity index (χ1n) is 7.19. The van der Waals surface area contributed by atoms with Gasteiger partial charge >= 0.3 is 0 Å². The number of benzene rings is 1. The van der Waals surface area contributed by atoms with E-state index >= 15 is 0 Å². The maximum absolute atomic E-state index is 12.2. The first kappa shape index (κ1) is 14.1. The molecule has 0 radical (unpaired) electrons. The predicted octanol–water partition coefficient (Wildman–Crippen LogP) is 2.72. The number of hydrogen-bond acceptors (Lipinski definition) is 2. The summed E-state index contributed by atoms with van der Waals surface area (Å²) in [5, 5.41) is 0. The molecule has 3 nitrogen and oxygen atoms in total. The Kier molecular flexibility index (Phi) is 4.59. The Hall–Kier alpha value is -1.35. The van der Waals surface area contributed by atoms with Crippen LogP contribution < -0.4 is 5.73 Å². The summed E-state index contributed by atoms with van der Waals surface area (Å²) in [5.74, 6) is 0.870. The molecule has 2 N–H and O–H groups in total. The van der Waals surface area contributed by atoms with E-state index in [4.69, 9.17) is 5.73 Å². The Morgan fingerprint density at radius 2 is 2.05 bits per heavy atom. The van der Waals surface area contributed by atoms with E-state index in [1.165, 1.54) is 0 Å². The van der Waals surface area contributed by atoms with Gasteiger partial charge in [-0.25, -0.2) is 0 Å². The van der Waals surface area contributed by atoms with Crippen LogP contribution >= 0.6 is 0 Å². The van der Waals surface area contributed by atoms with Gasteiger partial charge in [-0.1, -0.05) is 37.3 Å². The first-order chi connectivity index (χ1) is 9.09. The standard InChI is InChI=1S/C16H24N2O/c1-12-10-11-18(13(12)2)16(19)9-8-15(17)14-6-4-3-5-7-14/h3-7,12-13,15H,8-11,17H2,1-2H3/t12-,13-,15+/m1/s1. The maximum atomic E-state index is 12.2. The van der Waals surface area contributed by atoms with E-state index in [1.807, 2.05) is 35.2 Å². The molecule has 1 aromatic carbocycles. The Morgan fingerprint density at radius 1 is 1.37 bits per heavy atom. The summed E-state index contributed by atoms with van der Waals surface area (Å²) in [7, 11) is 0. The Morgan fingerprint density at radius 3 is 2.63 bits per heavy atom. The zero-order chi connectivity index (χ0) is 13.8. The lowest BCUT2D eigenvalue weighted by atomic mass is 10.0. The van der Waals surface area contributed by atoms with Crippen LogP contribution in [0.3, 0.4) is 0 Å². The van der Waals surface area contributed by atoms with Gasteiger partial charge in [0.05, 0.1) is 0 Å². The molecular weight excluding hydrogens is 236 g/mol. The molecular formula is C16H24N2O. The first-order valence-corrected chi connectivity index (χ1v) is 7.19. The molecule has 0 unspecified atom stereocenters. The van der Waals surface area contributed by atoms with Gasteiger partial charge in [0.25, 0.3) is 0 Å². The van der Waals surface area contributed by atoms with Gasteiger partial charge < -0.3 is 10.6 Å². The van der Waals surface area contributed by atoms with Crippen LogP contribution in [-0.4, -0.2) is 23.4 Å². The predicted molar refractivity (Wildman–Crippen MR) is 77.6 cm³/mol. The zero-order valence-corrected chi connectivity index (χ0v) is 11.9. The molecule has 1 aliphatic heterocycles. The van der Waals surface area contributed by atoms with Gasteiger partial charge in [-0.2, -0.15) is 0 Å². The molecule has 0 aromatic heterocycles. The second kappa shape index (κ2) is 6.20. The van der Waals surface area contributed by atoms with Crippen molar-refractivity contribution in [2.45, 2.75) is 45.2 Å². The Labute approximate surface area is 115 Å². The topological polar surface area (TPSA) is 46.3 Å². The number of hydrogen-bond donors (Lipinski definition) is 1. The number of likely N-dealkylation sites (tertiary alicyclic amines) is 1. The molecule has 1 heterocycles. The van der Waals surface area contributed by atoms with Gasteiger partial charge in [0.2, 0.25) is 5.91 Å². The van der Waals surface area contributed by atoms with Gasteiger partial charge in [-0.05, 0) is 31.2 Å². The van der Waals surface area contributed by atoms with Crippen molar-refractivity contribution in [3.05, 3.63) is 35.9 Å². The van der Waals surface area contributed by atoms with Crippen molar-refractivity contribution in [1.82, 2.24) is 4.90 Å². The van der Waals surface area contributed by atoms with E-state index in [0.29, 0.717) is 18.4 Å². The molecule has 0 saturated carbocycles. The fourth-order valence-electron chi connectivity index (χ4n) is 2.74. The summed E-state index contributed by atoms with van der Waals surface area (Å²) < 4.78 is 0. The van der Waals surface area contributed by atoms with Gasteiger partial charge in [0, 0.05) is 25.0 Å². The van der Waals surface area contributed by atoms with E-state index in [2.05, 4.69) is 13.8 Å². The molecule has 0 bridgehead atoms. The molecule has 3 atom stereocenters. The minimum absolute atomic E-state index is 0.0412. The molecule has 0 spiro atoms. The van der Waals surface area contributed by atoms with Crippen LogP contribution in [-0.2, 0) is 4.79 Å². The maximum Gasteiger partial charge on any atom is 0.222 e. The average molecular weight is 260 g/mol. The number of carbonyl (C=O) groups is 1. The highest BCUT2D eigenvalue weighted by Gasteiger charge is 2.30. The number of carbonyl (C=O) groups excluding carboxylic acids is 1. The number of nitrogens with two attached hydrogens (primary N) is 1. The normalized spacial score (nSPS) is 24.5. The van der Waals surface area contributed by atoms with Crippen LogP contribution in [0.4, 0.5) is 0 Å². The van der Waals surface area contributed by atoms with Crippen LogP contribution in [0.2, 0.25) is 0 Å². The molecule has 0 aliphatic carbocycles. The van der Waals surface area contributed by atoms with E-state index in [-0.39, 0.29) is 11.9 Å². The van der Waals surface area contributed by atoms with Gasteiger partial charge in [-0.3, -0.25) is 4.79 Å². The van der Waals surface area contributed by atoms with Gasteiger partial charge in [0.15, 0.2) is 0 Å². The second-order valence-electron chi connectivity index (χ2n) is 5.65.